The van der Waals surface area contributed by atoms with Gasteiger partial charge in [-0.25, -0.2) is 4.98 Å². The van der Waals surface area contributed by atoms with E-state index in [2.05, 4.69) is 34.3 Å². The lowest BCUT2D eigenvalue weighted by atomic mass is 10.0. The molecule has 3 heterocycles. The number of aromatic nitrogens is 5. The van der Waals surface area contributed by atoms with E-state index in [9.17, 15) is 4.79 Å². The lowest BCUT2D eigenvalue weighted by Gasteiger charge is -2.21. The number of nitrogens with one attached hydrogen (secondary N) is 2. The van der Waals surface area contributed by atoms with Gasteiger partial charge in [0.05, 0.1) is 22.8 Å². The number of imidazole rings is 1. The standard InChI is InChI=1S/C21H22N6O/c1-13(2)19(20-23-15-6-4-5-7-18(15)27(20)3)24-21(28)17-12-16(25-26-17)14-8-10-22-11-9-14/h4-13,19H,1-3H3,(H,24,28)(H,25,26)/t19-/m1/s1. The first-order valence-electron chi connectivity index (χ1n) is 9.22. The molecule has 0 fully saturated rings. The fourth-order valence-corrected chi connectivity index (χ4v) is 3.30. The van der Waals surface area contributed by atoms with Crippen LogP contribution in [0.2, 0.25) is 0 Å². The molecular formula is C21H22N6O. The molecule has 1 atom stereocenters. The Balaban J connectivity index is 1.61. The first kappa shape index (κ1) is 17.9. The number of hydrogen-bond acceptors (Lipinski definition) is 4. The van der Waals surface area contributed by atoms with Crippen molar-refractivity contribution in [2.24, 2.45) is 13.0 Å². The molecule has 142 valence electrons. The first-order chi connectivity index (χ1) is 13.5. The Morgan fingerprint density at radius 2 is 1.89 bits per heavy atom. The monoisotopic (exact) mass is 374 g/mol. The van der Waals surface area contributed by atoms with Gasteiger partial charge in [-0.05, 0) is 36.2 Å². The molecule has 0 radical (unpaired) electrons. The van der Waals surface area contributed by atoms with Crippen molar-refractivity contribution in [3.63, 3.8) is 0 Å². The number of carbonyl (C=O) groups excluding carboxylic acids is 1. The number of rotatable bonds is 5. The minimum Gasteiger partial charge on any atom is -0.341 e. The van der Waals surface area contributed by atoms with Crippen LogP contribution in [0.1, 0.15) is 36.2 Å². The quantitative estimate of drug-likeness (QED) is 0.560. The van der Waals surface area contributed by atoms with E-state index in [1.54, 1.807) is 18.5 Å². The van der Waals surface area contributed by atoms with Crippen LogP contribution in [0.15, 0.2) is 54.9 Å². The van der Waals surface area contributed by atoms with Gasteiger partial charge in [-0.3, -0.25) is 14.9 Å². The Morgan fingerprint density at radius 3 is 2.61 bits per heavy atom. The summed E-state index contributed by atoms with van der Waals surface area (Å²) < 4.78 is 2.04. The van der Waals surface area contributed by atoms with E-state index < -0.39 is 0 Å². The number of pyridine rings is 1. The van der Waals surface area contributed by atoms with Gasteiger partial charge in [0.1, 0.15) is 11.5 Å². The lowest BCUT2D eigenvalue weighted by molar-refractivity contribution is 0.0917. The number of carbonyl (C=O) groups is 1. The van der Waals surface area contributed by atoms with E-state index in [4.69, 9.17) is 4.98 Å². The predicted octanol–water partition coefficient (Wildman–Crippen LogP) is 3.49. The van der Waals surface area contributed by atoms with Crippen LogP contribution in [0, 0.1) is 5.92 Å². The molecule has 7 heteroatoms. The molecule has 4 aromatic rings. The van der Waals surface area contributed by atoms with Crippen LogP contribution >= 0.6 is 0 Å². The highest BCUT2D eigenvalue weighted by atomic mass is 16.2. The van der Waals surface area contributed by atoms with Gasteiger partial charge >= 0.3 is 0 Å². The maximum absolute atomic E-state index is 12.9. The summed E-state index contributed by atoms with van der Waals surface area (Å²) in [6.07, 6.45) is 3.40. The molecule has 1 amide bonds. The van der Waals surface area contributed by atoms with Crippen molar-refractivity contribution in [3.05, 3.63) is 66.4 Å². The van der Waals surface area contributed by atoms with Gasteiger partial charge in [-0.1, -0.05) is 26.0 Å². The summed E-state index contributed by atoms with van der Waals surface area (Å²) in [5.74, 6) is 0.791. The van der Waals surface area contributed by atoms with Crippen molar-refractivity contribution < 1.29 is 4.79 Å². The zero-order valence-electron chi connectivity index (χ0n) is 16.0. The Bertz CT molecular complexity index is 1110. The van der Waals surface area contributed by atoms with Crippen LogP contribution in [-0.4, -0.2) is 30.6 Å². The third-order valence-corrected chi connectivity index (χ3v) is 4.85. The van der Waals surface area contributed by atoms with E-state index in [0.29, 0.717) is 11.4 Å². The topological polar surface area (TPSA) is 88.5 Å². The molecule has 2 N–H and O–H groups in total. The van der Waals surface area contributed by atoms with Crippen molar-refractivity contribution in [3.8, 4) is 11.3 Å². The van der Waals surface area contributed by atoms with E-state index in [0.717, 1.165) is 22.4 Å². The highest BCUT2D eigenvalue weighted by Gasteiger charge is 2.25. The zero-order valence-corrected chi connectivity index (χ0v) is 16.0. The van der Waals surface area contributed by atoms with Crippen LogP contribution in [-0.2, 0) is 7.05 Å². The van der Waals surface area contributed by atoms with Crippen molar-refractivity contribution >= 4 is 16.9 Å². The zero-order chi connectivity index (χ0) is 19.7. The Labute approximate surface area is 162 Å². The molecule has 0 aliphatic rings. The average molecular weight is 374 g/mol. The van der Waals surface area contributed by atoms with Crippen molar-refractivity contribution in [1.29, 1.82) is 0 Å². The third kappa shape index (κ3) is 3.26. The van der Waals surface area contributed by atoms with E-state index in [1.165, 1.54) is 0 Å². The van der Waals surface area contributed by atoms with Gasteiger partial charge in [-0.2, -0.15) is 5.10 Å². The summed E-state index contributed by atoms with van der Waals surface area (Å²) in [4.78, 5) is 21.6. The smallest absolute Gasteiger partial charge is 0.269 e. The second-order valence-corrected chi connectivity index (χ2v) is 7.12. The van der Waals surface area contributed by atoms with Crippen molar-refractivity contribution in [2.75, 3.05) is 0 Å². The molecule has 0 aliphatic heterocycles. The fourth-order valence-electron chi connectivity index (χ4n) is 3.30. The fraction of sp³-hybridized carbons (Fsp3) is 0.238. The summed E-state index contributed by atoms with van der Waals surface area (Å²) in [6, 6.07) is 13.2. The first-order valence-corrected chi connectivity index (χ1v) is 9.22. The molecular weight excluding hydrogens is 352 g/mol. The predicted molar refractivity (Wildman–Crippen MR) is 108 cm³/mol. The maximum atomic E-state index is 12.9. The number of aryl methyl sites for hydroxylation is 1. The number of nitrogens with zero attached hydrogens (tertiary/aromatic N) is 4. The number of para-hydroxylation sites is 2. The second kappa shape index (κ2) is 7.26. The third-order valence-electron chi connectivity index (χ3n) is 4.85. The Morgan fingerprint density at radius 1 is 1.14 bits per heavy atom. The van der Waals surface area contributed by atoms with Crippen LogP contribution < -0.4 is 5.32 Å². The number of fused-ring (bicyclic) bond motifs is 1. The Hall–Kier alpha value is -3.48. The van der Waals surface area contributed by atoms with Gasteiger partial charge in [0.2, 0.25) is 0 Å². The van der Waals surface area contributed by atoms with Gasteiger partial charge in [-0.15, -0.1) is 0 Å². The molecule has 0 unspecified atom stereocenters. The second-order valence-electron chi connectivity index (χ2n) is 7.12. The van der Waals surface area contributed by atoms with Crippen molar-refractivity contribution in [1.82, 2.24) is 30.0 Å². The van der Waals surface area contributed by atoms with Gasteiger partial charge in [0, 0.05) is 25.0 Å². The number of H-pyrrole nitrogens is 1. The largest absolute Gasteiger partial charge is 0.341 e. The van der Waals surface area contributed by atoms with E-state index in [-0.39, 0.29) is 17.9 Å². The van der Waals surface area contributed by atoms with Gasteiger partial charge < -0.3 is 9.88 Å². The molecule has 7 nitrogen and oxygen atoms in total. The molecule has 0 saturated heterocycles. The van der Waals surface area contributed by atoms with E-state index in [1.807, 2.05) is 48.0 Å². The summed E-state index contributed by atoms with van der Waals surface area (Å²) in [6.45, 7) is 4.14. The van der Waals surface area contributed by atoms with Gasteiger partial charge in [0.25, 0.3) is 5.91 Å². The van der Waals surface area contributed by atoms with Crippen molar-refractivity contribution in [2.45, 2.75) is 19.9 Å². The summed E-state index contributed by atoms with van der Waals surface area (Å²) in [7, 11) is 1.98. The molecule has 4 rings (SSSR count). The molecule has 0 spiro atoms. The highest BCUT2D eigenvalue weighted by Crippen LogP contribution is 2.25. The highest BCUT2D eigenvalue weighted by molar-refractivity contribution is 5.93. The number of amides is 1. The van der Waals surface area contributed by atoms with Crippen LogP contribution in [0.3, 0.4) is 0 Å². The van der Waals surface area contributed by atoms with Crippen LogP contribution in [0.4, 0.5) is 0 Å². The molecule has 3 aromatic heterocycles. The van der Waals surface area contributed by atoms with Gasteiger partial charge in [0.15, 0.2) is 0 Å². The maximum Gasteiger partial charge on any atom is 0.269 e. The summed E-state index contributed by atoms with van der Waals surface area (Å²) in [5, 5.41) is 10.2. The Kier molecular flexibility index (Phi) is 4.65. The minimum absolute atomic E-state index is 0.169. The number of benzene rings is 1. The molecule has 0 bridgehead atoms. The molecule has 28 heavy (non-hydrogen) atoms. The lowest BCUT2D eigenvalue weighted by Crippen LogP contribution is -2.33. The van der Waals surface area contributed by atoms with E-state index >= 15 is 0 Å². The average Bonchev–Trinajstić information content (AvgIpc) is 3.32. The molecule has 1 aromatic carbocycles. The number of hydrogen-bond donors (Lipinski definition) is 2. The SMILES string of the molecule is CC(C)[C@@H](NC(=O)c1cc(-c2ccncc2)n[nH]1)c1nc2ccccc2n1C. The molecule has 0 saturated carbocycles. The van der Waals surface area contributed by atoms with Crippen LogP contribution in [0.25, 0.3) is 22.3 Å². The number of aromatic amines is 1. The van der Waals surface area contributed by atoms with Crippen LogP contribution in [0.5, 0.6) is 0 Å². The summed E-state index contributed by atoms with van der Waals surface area (Å²) in [5.41, 5.74) is 3.98. The molecule has 0 aliphatic carbocycles. The normalized spacial score (nSPS) is 12.4. The minimum atomic E-state index is -0.224. The summed E-state index contributed by atoms with van der Waals surface area (Å²) >= 11 is 0.